The van der Waals surface area contributed by atoms with Crippen LogP contribution in [0.4, 0.5) is 5.13 Å². The fourth-order valence-electron chi connectivity index (χ4n) is 1.20. The van der Waals surface area contributed by atoms with Gasteiger partial charge in [0.1, 0.15) is 15.7 Å². The van der Waals surface area contributed by atoms with Crippen molar-refractivity contribution in [2.24, 2.45) is 0 Å². The molecule has 5 nitrogen and oxygen atoms in total. The lowest BCUT2D eigenvalue weighted by molar-refractivity contribution is 0.595. The van der Waals surface area contributed by atoms with Crippen molar-refractivity contribution in [2.45, 2.75) is 39.2 Å². The maximum absolute atomic E-state index is 11.0. The molecule has 1 aromatic rings. The second kappa shape index (κ2) is 5.77. The van der Waals surface area contributed by atoms with Gasteiger partial charge in [0.05, 0.1) is 5.75 Å². The van der Waals surface area contributed by atoms with Crippen LogP contribution in [0.1, 0.15) is 38.9 Å². The van der Waals surface area contributed by atoms with E-state index in [0.29, 0.717) is 12.3 Å². The SMILES string of the molecule is CC(CCS(C)(=O)=O)Nc1nc(C(C)C)ns1. The van der Waals surface area contributed by atoms with E-state index in [1.807, 2.05) is 20.8 Å². The second-order valence-electron chi connectivity index (χ2n) is 4.58. The summed E-state index contributed by atoms with van der Waals surface area (Å²) in [5.74, 6) is 1.33. The number of sulfone groups is 1. The molecule has 0 aliphatic rings. The number of rotatable bonds is 6. The molecule has 1 heterocycles. The van der Waals surface area contributed by atoms with Gasteiger partial charge >= 0.3 is 0 Å². The molecule has 7 heteroatoms. The maximum Gasteiger partial charge on any atom is 0.202 e. The molecule has 1 unspecified atom stereocenters. The fourth-order valence-corrected chi connectivity index (χ4v) is 2.80. The first kappa shape index (κ1) is 14.4. The molecule has 0 spiro atoms. The normalized spacial score (nSPS) is 13.9. The van der Waals surface area contributed by atoms with E-state index in [4.69, 9.17) is 0 Å². The molecule has 0 bridgehead atoms. The molecule has 0 saturated carbocycles. The van der Waals surface area contributed by atoms with E-state index in [-0.39, 0.29) is 11.8 Å². The van der Waals surface area contributed by atoms with Crippen molar-refractivity contribution in [2.75, 3.05) is 17.3 Å². The Morgan fingerprint density at radius 1 is 1.35 bits per heavy atom. The van der Waals surface area contributed by atoms with Crippen LogP contribution < -0.4 is 5.32 Å². The minimum absolute atomic E-state index is 0.0812. The zero-order chi connectivity index (χ0) is 13.1. The van der Waals surface area contributed by atoms with Gasteiger partial charge in [0.15, 0.2) is 0 Å². The summed E-state index contributed by atoms with van der Waals surface area (Å²) in [6.07, 6.45) is 1.83. The summed E-state index contributed by atoms with van der Waals surface area (Å²) in [4.78, 5) is 4.34. The van der Waals surface area contributed by atoms with E-state index in [2.05, 4.69) is 14.7 Å². The number of nitrogens with one attached hydrogen (secondary N) is 1. The van der Waals surface area contributed by atoms with E-state index in [9.17, 15) is 8.42 Å². The predicted octanol–water partition coefficient (Wildman–Crippen LogP) is 1.90. The quantitative estimate of drug-likeness (QED) is 0.859. The summed E-state index contributed by atoms with van der Waals surface area (Å²) >= 11 is 1.32. The molecule has 0 aromatic carbocycles. The smallest absolute Gasteiger partial charge is 0.202 e. The van der Waals surface area contributed by atoms with Crippen molar-refractivity contribution >= 4 is 26.5 Å². The first-order valence-electron chi connectivity index (χ1n) is 5.56. The zero-order valence-electron chi connectivity index (χ0n) is 10.6. The highest BCUT2D eigenvalue weighted by Gasteiger charge is 2.11. The lowest BCUT2D eigenvalue weighted by Crippen LogP contribution is -2.19. The largest absolute Gasteiger partial charge is 0.358 e. The van der Waals surface area contributed by atoms with Crippen LogP contribution in [0, 0.1) is 0 Å². The number of hydrogen-bond donors (Lipinski definition) is 1. The van der Waals surface area contributed by atoms with Crippen LogP contribution in [0.2, 0.25) is 0 Å². The van der Waals surface area contributed by atoms with Gasteiger partial charge in [-0.05, 0) is 13.3 Å². The van der Waals surface area contributed by atoms with Crippen LogP contribution in [0.3, 0.4) is 0 Å². The van der Waals surface area contributed by atoms with Gasteiger partial charge in [-0.2, -0.15) is 4.37 Å². The van der Waals surface area contributed by atoms with E-state index < -0.39 is 9.84 Å². The zero-order valence-corrected chi connectivity index (χ0v) is 12.2. The Bertz CT molecular complexity index is 454. The van der Waals surface area contributed by atoms with Crippen LogP contribution in [-0.2, 0) is 9.84 Å². The molecule has 1 N–H and O–H groups in total. The second-order valence-corrected chi connectivity index (χ2v) is 7.59. The minimum atomic E-state index is -2.89. The molecule has 0 fully saturated rings. The molecular weight excluding hydrogens is 258 g/mol. The molecule has 17 heavy (non-hydrogen) atoms. The summed E-state index contributed by atoms with van der Waals surface area (Å²) in [5.41, 5.74) is 0. The van der Waals surface area contributed by atoms with Crippen molar-refractivity contribution < 1.29 is 8.42 Å². The standard InChI is InChI=1S/C10H19N3O2S2/c1-7(2)9-12-10(16-13-9)11-8(3)5-6-17(4,14)15/h7-8H,5-6H2,1-4H3,(H,11,12,13). The van der Waals surface area contributed by atoms with Crippen molar-refractivity contribution in [3.05, 3.63) is 5.82 Å². The third-order valence-corrected chi connectivity index (χ3v) is 3.89. The predicted molar refractivity (Wildman–Crippen MR) is 71.4 cm³/mol. The maximum atomic E-state index is 11.0. The Kier molecular flexibility index (Phi) is 4.88. The summed E-state index contributed by atoms with van der Waals surface area (Å²) in [6.45, 7) is 6.03. The van der Waals surface area contributed by atoms with E-state index in [1.165, 1.54) is 17.8 Å². The molecular formula is C10H19N3O2S2. The first-order chi connectivity index (χ1) is 7.78. The number of hydrogen-bond acceptors (Lipinski definition) is 6. The van der Waals surface area contributed by atoms with Gasteiger partial charge in [-0.1, -0.05) is 13.8 Å². The summed E-state index contributed by atoms with van der Waals surface area (Å²) in [7, 11) is -2.89. The van der Waals surface area contributed by atoms with Crippen LogP contribution in [0.25, 0.3) is 0 Å². The number of aromatic nitrogens is 2. The Labute approximate surface area is 107 Å². The van der Waals surface area contributed by atoms with E-state index >= 15 is 0 Å². The number of nitrogens with zero attached hydrogens (tertiary/aromatic N) is 2. The molecule has 0 amide bonds. The Morgan fingerprint density at radius 3 is 2.47 bits per heavy atom. The van der Waals surface area contributed by atoms with Crippen molar-refractivity contribution in [3.8, 4) is 0 Å². The summed E-state index contributed by atoms with van der Waals surface area (Å²) in [6, 6.07) is 0.0812. The van der Waals surface area contributed by atoms with Crippen LogP contribution >= 0.6 is 11.5 Å². The molecule has 1 atom stereocenters. The molecule has 0 aliphatic carbocycles. The van der Waals surface area contributed by atoms with Crippen LogP contribution in [0.15, 0.2) is 0 Å². The summed E-state index contributed by atoms with van der Waals surface area (Å²) < 4.78 is 26.3. The minimum Gasteiger partial charge on any atom is -0.358 e. The highest BCUT2D eigenvalue weighted by Crippen LogP contribution is 2.18. The van der Waals surface area contributed by atoms with Gasteiger partial charge < -0.3 is 5.32 Å². The monoisotopic (exact) mass is 277 g/mol. The van der Waals surface area contributed by atoms with Crippen molar-refractivity contribution in [1.82, 2.24) is 9.36 Å². The highest BCUT2D eigenvalue weighted by molar-refractivity contribution is 7.90. The topological polar surface area (TPSA) is 72.0 Å². The van der Waals surface area contributed by atoms with Crippen LogP contribution in [0.5, 0.6) is 0 Å². The van der Waals surface area contributed by atoms with Gasteiger partial charge in [-0.25, -0.2) is 13.4 Å². The summed E-state index contributed by atoms with van der Waals surface area (Å²) in [5, 5.41) is 3.93. The van der Waals surface area contributed by atoms with E-state index in [0.717, 1.165) is 11.0 Å². The average Bonchev–Trinajstić information content (AvgIpc) is 2.62. The fraction of sp³-hybridized carbons (Fsp3) is 0.800. The average molecular weight is 277 g/mol. The van der Waals surface area contributed by atoms with Crippen molar-refractivity contribution in [1.29, 1.82) is 0 Å². The lowest BCUT2D eigenvalue weighted by atomic mass is 10.2. The Balaban J connectivity index is 2.47. The molecule has 1 rings (SSSR count). The van der Waals surface area contributed by atoms with Gasteiger partial charge in [-0.15, -0.1) is 0 Å². The molecule has 98 valence electrons. The molecule has 0 aliphatic heterocycles. The third-order valence-electron chi connectivity index (χ3n) is 2.25. The van der Waals surface area contributed by atoms with Crippen molar-refractivity contribution in [3.63, 3.8) is 0 Å². The Morgan fingerprint density at radius 2 is 2.00 bits per heavy atom. The first-order valence-corrected chi connectivity index (χ1v) is 8.39. The van der Waals surface area contributed by atoms with Crippen LogP contribution in [-0.4, -0.2) is 35.8 Å². The van der Waals surface area contributed by atoms with Gasteiger partial charge in [-0.3, -0.25) is 0 Å². The lowest BCUT2D eigenvalue weighted by Gasteiger charge is -2.11. The van der Waals surface area contributed by atoms with Gasteiger partial charge in [0.2, 0.25) is 5.13 Å². The Hall–Kier alpha value is -0.690. The molecule has 0 radical (unpaired) electrons. The van der Waals surface area contributed by atoms with Gasteiger partial charge in [0, 0.05) is 29.7 Å². The molecule has 1 aromatic heterocycles. The molecule has 0 saturated heterocycles. The third kappa shape index (κ3) is 5.45. The van der Waals surface area contributed by atoms with Gasteiger partial charge in [0.25, 0.3) is 0 Å². The number of anilines is 1. The van der Waals surface area contributed by atoms with E-state index in [1.54, 1.807) is 0 Å². The highest BCUT2D eigenvalue weighted by atomic mass is 32.2.